The summed E-state index contributed by atoms with van der Waals surface area (Å²) in [6, 6.07) is 9.35. The van der Waals surface area contributed by atoms with Crippen LogP contribution in [0.3, 0.4) is 0 Å². The molecule has 2 aromatic carbocycles. The van der Waals surface area contributed by atoms with Gasteiger partial charge >= 0.3 is 5.69 Å². The zero-order chi connectivity index (χ0) is 19.1. The van der Waals surface area contributed by atoms with Gasteiger partial charge in [0, 0.05) is 24.7 Å². The van der Waals surface area contributed by atoms with Crippen molar-refractivity contribution in [3.63, 3.8) is 0 Å². The second kappa shape index (κ2) is 8.56. The second-order valence-electron chi connectivity index (χ2n) is 5.14. The summed E-state index contributed by atoms with van der Waals surface area (Å²) < 4.78 is 18.3. The Morgan fingerprint density at radius 3 is 2.38 bits per heavy atom. The molecule has 0 bridgehead atoms. The lowest BCUT2D eigenvalue weighted by atomic mass is 10.1. The van der Waals surface area contributed by atoms with Crippen LogP contribution in [0.15, 0.2) is 42.5 Å². The first-order valence-corrected chi connectivity index (χ1v) is 7.57. The number of ether oxygens (including phenoxy) is 1. The molecule has 136 valence electrons. The van der Waals surface area contributed by atoms with E-state index in [4.69, 9.17) is 4.74 Å². The van der Waals surface area contributed by atoms with Gasteiger partial charge in [-0.3, -0.25) is 19.7 Å². The van der Waals surface area contributed by atoms with Crippen LogP contribution in [0.25, 0.3) is 0 Å². The summed E-state index contributed by atoms with van der Waals surface area (Å²) in [5.41, 5.74) is -0.337. The smallest absolute Gasteiger partial charge is 0.311 e. The van der Waals surface area contributed by atoms with E-state index in [0.29, 0.717) is 0 Å². The van der Waals surface area contributed by atoms with Crippen molar-refractivity contribution in [3.05, 3.63) is 69.5 Å². The molecule has 0 unspecified atom stereocenters. The van der Waals surface area contributed by atoms with Crippen LogP contribution >= 0.6 is 0 Å². The molecule has 2 aromatic rings. The van der Waals surface area contributed by atoms with Crippen LogP contribution in [0, 0.1) is 15.9 Å². The van der Waals surface area contributed by atoms with Crippen molar-refractivity contribution >= 4 is 17.5 Å². The number of carbonyl (C=O) groups is 2. The Kier molecular flexibility index (Phi) is 6.20. The summed E-state index contributed by atoms with van der Waals surface area (Å²) in [7, 11) is 1.29. The van der Waals surface area contributed by atoms with Crippen molar-refractivity contribution < 1.29 is 23.6 Å². The monoisotopic (exact) mass is 361 g/mol. The van der Waals surface area contributed by atoms with Gasteiger partial charge in [0.05, 0.1) is 17.6 Å². The van der Waals surface area contributed by atoms with Crippen LogP contribution < -0.4 is 15.4 Å². The van der Waals surface area contributed by atoms with Crippen molar-refractivity contribution in [1.29, 1.82) is 0 Å². The molecule has 0 aliphatic rings. The average Bonchev–Trinajstić information content (AvgIpc) is 2.64. The Hall–Kier alpha value is -3.49. The van der Waals surface area contributed by atoms with Crippen LogP contribution in [-0.4, -0.2) is 36.9 Å². The molecule has 2 rings (SSSR count). The molecule has 0 radical (unpaired) electrons. The number of nitrogens with one attached hydrogen (secondary N) is 2. The van der Waals surface area contributed by atoms with Gasteiger partial charge in [-0.25, -0.2) is 4.39 Å². The Morgan fingerprint density at radius 1 is 1.12 bits per heavy atom. The van der Waals surface area contributed by atoms with Gasteiger partial charge in [-0.2, -0.15) is 0 Å². The van der Waals surface area contributed by atoms with Gasteiger partial charge in [0.2, 0.25) is 0 Å². The fraction of sp³-hybridized carbons (Fsp3) is 0.176. The normalized spacial score (nSPS) is 10.1. The minimum atomic E-state index is -0.649. The van der Waals surface area contributed by atoms with E-state index >= 15 is 0 Å². The molecule has 0 atom stereocenters. The van der Waals surface area contributed by atoms with Crippen LogP contribution in [0.2, 0.25) is 0 Å². The highest BCUT2D eigenvalue weighted by atomic mass is 19.1. The van der Waals surface area contributed by atoms with Gasteiger partial charge in [-0.1, -0.05) is 12.1 Å². The summed E-state index contributed by atoms with van der Waals surface area (Å²) >= 11 is 0. The van der Waals surface area contributed by atoms with E-state index in [1.807, 2.05) is 0 Å². The minimum absolute atomic E-state index is 0.0451. The topological polar surface area (TPSA) is 111 Å². The van der Waals surface area contributed by atoms with Crippen molar-refractivity contribution in [2.45, 2.75) is 0 Å². The molecule has 0 aliphatic carbocycles. The van der Waals surface area contributed by atoms with Crippen molar-refractivity contribution in [2.24, 2.45) is 0 Å². The molecular weight excluding hydrogens is 345 g/mol. The third kappa shape index (κ3) is 4.53. The Morgan fingerprint density at radius 2 is 1.77 bits per heavy atom. The van der Waals surface area contributed by atoms with Crippen molar-refractivity contribution in [3.8, 4) is 5.75 Å². The number of methoxy groups -OCH3 is 1. The number of nitrogens with zero attached hydrogens (tertiary/aromatic N) is 1. The molecule has 0 aliphatic heterocycles. The number of nitro benzene ring substituents is 1. The molecule has 0 spiro atoms. The maximum Gasteiger partial charge on any atom is 0.311 e. The number of benzene rings is 2. The number of nitro groups is 1. The minimum Gasteiger partial charge on any atom is -0.490 e. The van der Waals surface area contributed by atoms with E-state index in [0.717, 1.165) is 6.07 Å². The van der Waals surface area contributed by atoms with Gasteiger partial charge in [-0.15, -0.1) is 0 Å². The molecule has 0 aromatic heterocycles. The Labute approximate surface area is 148 Å². The highest BCUT2D eigenvalue weighted by Crippen LogP contribution is 2.27. The van der Waals surface area contributed by atoms with Crippen LogP contribution in [0.4, 0.5) is 10.1 Å². The molecule has 0 saturated heterocycles. The van der Waals surface area contributed by atoms with E-state index in [-0.39, 0.29) is 35.7 Å². The molecule has 0 fully saturated rings. The van der Waals surface area contributed by atoms with E-state index in [9.17, 15) is 24.1 Å². The first-order valence-electron chi connectivity index (χ1n) is 7.57. The summed E-state index contributed by atoms with van der Waals surface area (Å²) in [5.74, 6) is -1.74. The van der Waals surface area contributed by atoms with E-state index in [1.165, 1.54) is 43.5 Å². The first-order chi connectivity index (χ1) is 12.4. The second-order valence-corrected chi connectivity index (χ2v) is 5.14. The Bertz CT molecular complexity index is 841. The van der Waals surface area contributed by atoms with E-state index in [1.54, 1.807) is 0 Å². The summed E-state index contributed by atoms with van der Waals surface area (Å²) in [6.07, 6.45) is 0. The fourth-order valence-corrected chi connectivity index (χ4v) is 2.17. The van der Waals surface area contributed by atoms with Crippen LogP contribution in [-0.2, 0) is 0 Å². The fourth-order valence-electron chi connectivity index (χ4n) is 2.17. The van der Waals surface area contributed by atoms with Gasteiger partial charge in [0.15, 0.2) is 5.75 Å². The molecule has 2 N–H and O–H groups in total. The average molecular weight is 361 g/mol. The van der Waals surface area contributed by atoms with Crippen molar-refractivity contribution in [1.82, 2.24) is 10.6 Å². The molecule has 26 heavy (non-hydrogen) atoms. The van der Waals surface area contributed by atoms with E-state index in [2.05, 4.69) is 10.6 Å². The number of halogens is 1. The highest BCUT2D eigenvalue weighted by Gasteiger charge is 2.18. The molecular formula is C17H16FN3O5. The lowest BCUT2D eigenvalue weighted by molar-refractivity contribution is -0.385. The predicted octanol–water partition coefficient (Wildman–Crippen LogP) is 1.90. The Balaban J connectivity index is 1.89. The van der Waals surface area contributed by atoms with Gasteiger partial charge in [-0.05, 0) is 24.3 Å². The molecule has 9 heteroatoms. The summed E-state index contributed by atoms with van der Waals surface area (Å²) in [4.78, 5) is 34.2. The molecule has 0 heterocycles. The zero-order valence-electron chi connectivity index (χ0n) is 13.8. The van der Waals surface area contributed by atoms with Crippen LogP contribution in [0.5, 0.6) is 5.75 Å². The van der Waals surface area contributed by atoms with Gasteiger partial charge < -0.3 is 15.4 Å². The van der Waals surface area contributed by atoms with Crippen LogP contribution in [0.1, 0.15) is 20.7 Å². The third-order valence-corrected chi connectivity index (χ3v) is 3.45. The molecule has 8 nitrogen and oxygen atoms in total. The predicted molar refractivity (Wildman–Crippen MR) is 90.7 cm³/mol. The number of amides is 2. The zero-order valence-corrected chi connectivity index (χ0v) is 13.8. The number of carbonyl (C=O) groups excluding carboxylic acids is 2. The SMILES string of the molecule is COc1ccc(C(=O)NCCNC(=O)c2ccccc2F)cc1[N+](=O)[O-]. The lowest BCUT2D eigenvalue weighted by Crippen LogP contribution is -2.35. The number of rotatable bonds is 7. The first kappa shape index (κ1) is 18.8. The number of hydrogen-bond donors (Lipinski definition) is 2. The highest BCUT2D eigenvalue weighted by molar-refractivity contribution is 5.95. The van der Waals surface area contributed by atoms with Crippen molar-refractivity contribution in [2.75, 3.05) is 20.2 Å². The van der Waals surface area contributed by atoms with E-state index < -0.39 is 22.6 Å². The maximum absolute atomic E-state index is 13.5. The summed E-state index contributed by atoms with van der Waals surface area (Å²) in [6.45, 7) is 0.135. The van der Waals surface area contributed by atoms with Gasteiger partial charge in [0.1, 0.15) is 5.82 Å². The third-order valence-electron chi connectivity index (χ3n) is 3.45. The lowest BCUT2D eigenvalue weighted by Gasteiger charge is -2.08. The largest absolute Gasteiger partial charge is 0.490 e. The molecule has 0 saturated carbocycles. The standard InChI is InChI=1S/C17H16FN3O5/c1-26-15-7-6-11(10-14(15)21(24)25)16(22)19-8-9-20-17(23)12-4-2-3-5-13(12)18/h2-7,10H,8-9H2,1H3,(H,19,22)(H,20,23). The summed E-state index contributed by atoms with van der Waals surface area (Å²) in [5, 5.41) is 16.0. The maximum atomic E-state index is 13.5. The number of hydrogen-bond acceptors (Lipinski definition) is 5. The van der Waals surface area contributed by atoms with Gasteiger partial charge in [0.25, 0.3) is 11.8 Å². The quantitative estimate of drug-likeness (QED) is 0.445. The molecule has 2 amide bonds.